The molecule has 1 aromatic heterocycles. The lowest BCUT2D eigenvalue weighted by Gasteiger charge is -2.36. The summed E-state index contributed by atoms with van der Waals surface area (Å²) in [5.74, 6) is -0.0282. The fourth-order valence-corrected chi connectivity index (χ4v) is 4.12. The lowest BCUT2D eigenvalue weighted by molar-refractivity contribution is -0.137. The Morgan fingerprint density at radius 3 is 2.48 bits per heavy atom. The van der Waals surface area contributed by atoms with E-state index < -0.39 is 11.5 Å². The van der Waals surface area contributed by atoms with Crippen LogP contribution in [0.5, 0.6) is 0 Å². The zero-order valence-electron chi connectivity index (χ0n) is 17.1. The molecule has 1 atom stereocenters. The van der Waals surface area contributed by atoms with Gasteiger partial charge in [0.15, 0.2) is 0 Å². The van der Waals surface area contributed by atoms with Gasteiger partial charge in [-0.05, 0) is 33.1 Å². The Kier molecular flexibility index (Phi) is 6.34. The van der Waals surface area contributed by atoms with E-state index in [4.69, 9.17) is 5.11 Å². The monoisotopic (exact) mass is 403 g/mol. The molecule has 0 unspecified atom stereocenters. The number of carboxylic acids is 1. The zero-order valence-corrected chi connectivity index (χ0v) is 17.1. The Labute approximate surface area is 170 Å². The van der Waals surface area contributed by atoms with Gasteiger partial charge in [-0.1, -0.05) is 0 Å². The first-order valence-electron chi connectivity index (χ1n) is 10.1. The van der Waals surface area contributed by atoms with Crippen LogP contribution in [0.25, 0.3) is 0 Å². The summed E-state index contributed by atoms with van der Waals surface area (Å²) in [5.41, 5.74) is 1.18. The van der Waals surface area contributed by atoms with E-state index in [1.54, 1.807) is 6.20 Å². The molecule has 1 aromatic rings. The molecule has 29 heavy (non-hydrogen) atoms. The van der Waals surface area contributed by atoms with Gasteiger partial charge in [0.25, 0.3) is 0 Å². The molecule has 2 fully saturated rings. The highest BCUT2D eigenvalue weighted by Gasteiger charge is 2.38. The number of hydrogen-bond acceptors (Lipinski definition) is 6. The summed E-state index contributed by atoms with van der Waals surface area (Å²) in [4.78, 5) is 48.3. The fourth-order valence-electron chi connectivity index (χ4n) is 4.12. The quantitative estimate of drug-likeness (QED) is 0.699. The largest absolute Gasteiger partial charge is 0.481 e. The SMILES string of the molecule is Cc1cnc(C)c(N2CCN(C(=O)CC[C@@]3(CCC(=O)O)CCC(=O)N3)CC2)n1. The predicted molar refractivity (Wildman–Crippen MR) is 107 cm³/mol. The van der Waals surface area contributed by atoms with E-state index in [2.05, 4.69) is 20.2 Å². The molecule has 0 spiro atoms. The van der Waals surface area contributed by atoms with E-state index >= 15 is 0 Å². The number of aliphatic carboxylic acids is 1. The van der Waals surface area contributed by atoms with Crippen molar-refractivity contribution < 1.29 is 19.5 Å². The summed E-state index contributed by atoms with van der Waals surface area (Å²) in [6, 6.07) is 0. The van der Waals surface area contributed by atoms with Crippen LogP contribution >= 0.6 is 0 Å². The maximum atomic E-state index is 12.7. The maximum absolute atomic E-state index is 12.7. The standard InChI is InChI=1S/C20H29N5O4/c1-14-13-21-15(2)19(22-14)25-11-9-24(10-12-25)17(27)4-7-20(8-5-18(28)29)6-3-16(26)23-20/h13H,3-12H2,1-2H3,(H,23,26)(H,28,29)/t20-/m1/s1. The van der Waals surface area contributed by atoms with Crippen molar-refractivity contribution in [1.82, 2.24) is 20.2 Å². The van der Waals surface area contributed by atoms with Gasteiger partial charge in [0.2, 0.25) is 11.8 Å². The maximum Gasteiger partial charge on any atom is 0.303 e. The highest BCUT2D eigenvalue weighted by atomic mass is 16.4. The van der Waals surface area contributed by atoms with Gasteiger partial charge in [0.1, 0.15) is 5.82 Å². The number of rotatable bonds is 7. The van der Waals surface area contributed by atoms with Crippen LogP contribution < -0.4 is 10.2 Å². The van der Waals surface area contributed by atoms with Gasteiger partial charge < -0.3 is 20.2 Å². The molecule has 2 aliphatic heterocycles. The van der Waals surface area contributed by atoms with Crippen molar-refractivity contribution in [2.75, 3.05) is 31.1 Å². The van der Waals surface area contributed by atoms with E-state index in [0.717, 1.165) is 17.2 Å². The Balaban J connectivity index is 1.53. The van der Waals surface area contributed by atoms with Crippen LogP contribution in [0.3, 0.4) is 0 Å². The molecule has 158 valence electrons. The summed E-state index contributed by atoms with van der Waals surface area (Å²) in [6.07, 6.45) is 3.87. The molecule has 0 bridgehead atoms. The Morgan fingerprint density at radius 1 is 1.17 bits per heavy atom. The van der Waals surface area contributed by atoms with Gasteiger partial charge >= 0.3 is 5.97 Å². The molecular formula is C20H29N5O4. The third-order valence-electron chi connectivity index (χ3n) is 5.85. The number of carbonyl (C=O) groups is 3. The van der Waals surface area contributed by atoms with Crippen LogP contribution in [0.1, 0.15) is 49.9 Å². The van der Waals surface area contributed by atoms with Crippen LogP contribution in [0.2, 0.25) is 0 Å². The second-order valence-electron chi connectivity index (χ2n) is 8.01. The molecular weight excluding hydrogens is 374 g/mol. The average molecular weight is 403 g/mol. The molecule has 2 aliphatic rings. The third kappa shape index (κ3) is 5.21. The lowest BCUT2D eigenvalue weighted by atomic mass is 9.86. The number of anilines is 1. The highest BCUT2D eigenvalue weighted by molar-refractivity contribution is 5.80. The smallest absolute Gasteiger partial charge is 0.303 e. The van der Waals surface area contributed by atoms with E-state index in [0.29, 0.717) is 58.3 Å². The van der Waals surface area contributed by atoms with Gasteiger partial charge in [-0.3, -0.25) is 19.4 Å². The van der Waals surface area contributed by atoms with Gasteiger partial charge in [-0.15, -0.1) is 0 Å². The van der Waals surface area contributed by atoms with Crippen molar-refractivity contribution in [3.8, 4) is 0 Å². The fraction of sp³-hybridized carbons (Fsp3) is 0.650. The topological polar surface area (TPSA) is 116 Å². The van der Waals surface area contributed by atoms with Crippen LogP contribution in [-0.4, -0.2) is 69.5 Å². The number of nitrogens with one attached hydrogen (secondary N) is 1. The van der Waals surface area contributed by atoms with E-state index in [-0.39, 0.29) is 18.2 Å². The first-order valence-corrected chi connectivity index (χ1v) is 10.1. The number of nitrogens with zero attached hydrogens (tertiary/aromatic N) is 4. The summed E-state index contributed by atoms with van der Waals surface area (Å²) < 4.78 is 0. The van der Waals surface area contributed by atoms with Crippen LogP contribution in [0, 0.1) is 13.8 Å². The Bertz CT molecular complexity index is 791. The molecule has 9 heteroatoms. The van der Waals surface area contributed by atoms with Crippen molar-refractivity contribution in [3.05, 3.63) is 17.6 Å². The molecule has 2 saturated heterocycles. The van der Waals surface area contributed by atoms with Crippen LogP contribution in [0.15, 0.2) is 6.20 Å². The summed E-state index contributed by atoms with van der Waals surface area (Å²) >= 11 is 0. The van der Waals surface area contributed by atoms with Crippen molar-refractivity contribution in [1.29, 1.82) is 0 Å². The first-order chi connectivity index (χ1) is 13.8. The number of aryl methyl sites for hydroxylation is 2. The Morgan fingerprint density at radius 2 is 1.86 bits per heavy atom. The minimum absolute atomic E-state index is 0.00990. The van der Waals surface area contributed by atoms with Crippen molar-refractivity contribution in [2.24, 2.45) is 0 Å². The van der Waals surface area contributed by atoms with Gasteiger partial charge in [-0.25, -0.2) is 4.98 Å². The minimum Gasteiger partial charge on any atom is -0.481 e. The van der Waals surface area contributed by atoms with E-state index in [1.807, 2.05) is 18.7 Å². The predicted octanol–water partition coefficient (Wildman–Crippen LogP) is 1.04. The minimum atomic E-state index is -0.887. The first kappa shape index (κ1) is 21.0. The number of piperazine rings is 1. The number of aromatic nitrogens is 2. The number of hydrogen-bond donors (Lipinski definition) is 2. The third-order valence-corrected chi connectivity index (χ3v) is 5.85. The molecule has 2 amide bonds. The second kappa shape index (κ2) is 8.75. The van der Waals surface area contributed by atoms with Crippen molar-refractivity contribution in [2.45, 2.75) is 57.9 Å². The second-order valence-corrected chi connectivity index (χ2v) is 8.01. The van der Waals surface area contributed by atoms with Crippen molar-refractivity contribution >= 4 is 23.6 Å². The number of carboxylic acid groups (broad SMARTS) is 1. The molecule has 9 nitrogen and oxygen atoms in total. The van der Waals surface area contributed by atoms with Crippen LogP contribution in [-0.2, 0) is 14.4 Å². The van der Waals surface area contributed by atoms with E-state index in [1.165, 1.54) is 0 Å². The molecule has 2 N–H and O–H groups in total. The van der Waals surface area contributed by atoms with Crippen LogP contribution in [0.4, 0.5) is 5.82 Å². The average Bonchev–Trinajstić information content (AvgIpc) is 3.08. The molecule has 0 radical (unpaired) electrons. The lowest BCUT2D eigenvalue weighted by Crippen LogP contribution is -2.50. The van der Waals surface area contributed by atoms with Gasteiger partial charge in [-0.2, -0.15) is 0 Å². The zero-order chi connectivity index (χ0) is 21.0. The Hall–Kier alpha value is -2.71. The number of amides is 2. The molecule has 0 saturated carbocycles. The highest BCUT2D eigenvalue weighted by Crippen LogP contribution is 2.30. The normalized spacial score (nSPS) is 21.9. The van der Waals surface area contributed by atoms with E-state index in [9.17, 15) is 14.4 Å². The molecule has 0 aromatic carbocycles. The number of carbonyl (C=O) groups excluding carboxylic acids is 2. The summed E-state index contributed by atoms with van der Waals surface area (Å²) in [6.45, 7) is 6.48. The summed E-state index contributed by atoms with van der Waals surface area (Å²) in [7, 11) is 0. The van der Waals surface area contributed by atoms with Gasteiger partial charge in [0.05, 0.1) is 11.4 Å². The van der Waals surface area contributed by atoms with Gasteiger partial charge in [0, 0.05) is 57.2 Å². The molecule has 3 heterocycles. The molecule has 3 rings (SSSR count). The summed E-state index contributed by atoms with van der Waals surface area (Å²) in [5, 5.41) is 11.9. The molecule has 0 aliphatic carbocycles. The van der Waals surface area contributed by atoms with Crippen molar-refractivity contribution in [3.63, 3.8) is 0 Å².